The van der Waals surface area contributed by atoms with Crippen molar-refractivity contribution in [2.24, 2.45) is 5.92 Å². The predicted octanol–water partition coefficient (Wildman–Crippen LogP) is 4.59. The molecule has 94 valence electrons. The van der Waals surface area contributed by atoms with E-state index in [1.54, 1.807) is 0 Å². The minimum Gasteiger partial charge on any atom is -0.261 e. The van der Waals surface area contributed by atoms with Gasteiger partial charge in [-0.1, -0.05) is 38.2 Å². The molecule has 0 amide bonds. The van der Waals surface area contributed by atoms with Crippen molar-refractivity contribution in [3.05, 3.63) is 30.1 Å². The maximum atomic E-state index is 6.39. The van der Waals surface area contributed by atoms with E-state index in [-0.39, 0.29) is 5.38 Å². The number of aromatic nitrogens is 1. The molecule has 1 aromatic rings. The molecule has 0 spiro atoms. The van der Waals surface area contributed by atoms with Gasteiger partial charge in [0.15, 0.2) is 0 Å². The summed E-state index contributed by atoms with van der Waals surface area (Å²) in [5.74, 6) is 0.939. The van der Waals surface area contributed by atoms with Gasteiger partial charge in [-0.25, -0.2) is 0 Å². The Balaban J connectivity index is 1.68. The lowest BCUT2D eigenvalue weighted by atomic mass is 9.85. The molecule has 1 nitrogen and oxygen atoms in total. The van der Waals surface area contributed by atoms with Gasteiger partial charge in [0.05, 0.1) is 0 Å². The second-order valence-corrected chi connectivity index (χ2v) is 5.82. The largest absolute Gasteiger partial charge is 0.261 e. The smallest absolute Gasteiger partial charge is 0.0418 e. The number of alkyl halides is 1. The van der Waals surface area contributed by atoms with Crippen LogP contribution in [-0.4, -0.2) is 10.4 Å². The molecule has 0 N–H and O–H groups in total. The molecule has 2 rings (SSSR count). The van der Waals surface area contributed by atoms with E-state index in [4.69, 9.17) is 11.6 Å². The maximum Gasteiger partial charge on any atom is 0.0418 e. The van der Waals surface area contributed by atoms with Crippen LogP contribution in [0.15, 0.2) is 24.4 Å². The van der Waals surface area contributed by atoms with Gasteiger partial charge in [0.25, 0.3) is 0 Å². The lowest BCUT2D eigenvalue weighted by molar-refractivity contribution is 0.330. The number of rotatable bonds is 5. The zero-order valence-electron chi connectivity index (χ0n) is 10.4. The van der Waals surface area contributed by atoms with Crippen LogP contribution >= 0.6 is 11.6 Å². The van der Waals surface area contributed by atoms with Gasteiger partial charge in [-0.15, -0.1) is 11.6 Å². The summed E-state index contributed by atoms with van der Waals surface area (Å²) >= 11 is 6.39. The summed E-state index contributed by atoms with van der Waals surface area (Å²) in [5.41, 5.74) is 1.12. The highest BCUT2D eigenvalue weighted by atomic mass is 35.5. The van der Waals surface area contributed by atoms with E-state index >= 15 is 0 Å². The number of pyridine rings is 1. The number of halogens is 1. The molecule has 1 saturated carbocycles. The first kappa shape index (κ1) is 12.9. The van der Waals surface area contributed by atoms with E-state index in [0.717, 1.165) is 24.5 Å². The molecule has 1 aliphatic rings. The van der Waals surface area contributed by atoms with E-state index in [1.165, 1.54) is 38.5 Å². The molecule has 0 saturated heterocycles. The van der Waals surface area contributed by atoms with Crippen molar-refractivity contribution in [3.8, 4) is 0 Å². The first-order valence-corrected chi connectivity index (χ1v) is 7.32. The fourth-order valence-electron chi connectivity index (χ4n) is 2.74. The summed E-state index contributed by atoms with van der Waals surface area (Å²) < 4.78 is 0. The van der Waals surface area contributed by atoms with E-state index < -0.39 is 0 Å². The highest BCUT2D eigenvalue weighted by molar-refractivity contribution is 6.20. The Morgan fingerprint density at radius 1 is 1.24 bits per heavy atom. The SMILES string of the molecule is ClC(CCC1CCCCC1)Cc1ccccn1. The monoisotopic (exact) mass is 251 g/mol. The van der Waals surface area contributed by atoms with Crippen molar-refractivity contribution in [3.63, 3.8) is 0 Å². The van der Waals surface area contributed by atoms with Crippen molar-refractivity contribution >= 4 is 11.6 Å². The molecular formula is C15H22ClN. The first-order chi connectivity index (χ1) is 8.34. The van der Waals surface area contributed by atoms with Crippen LogP contribution in [-0.2, 0) is 6.42 Å². The summed E-state index contributed by atoms with van der Waals surface area (Å²) in [6, 6.07) is 6.05. The summed E-state index contributed by atoms with van der Waals surface area (Å²) in [6.45, 7) is 0. The van der Waals surface area contributed by atoms with E-state index in [2.05, 4.69) is 11.1 Å². The Morgan fingerprint density at radius 3 is 2.76 bits per heavy atom. The highest BCUT2D eigenvalue weighted by Gasteiger charge is 2.15. The third kappa shape index (κ3) is 4.67. The molecular weight excluding hydrogens is 230 g/mol. The molecule has 17 heavy (non-hydrogen) atoms. The average molecular weight is 252 g/mol. The normalized spacial score (nSPS) is 19.1. The van der Waals surface area contributed by atoms with Crippen LogP contribution in [0.5, 0.6) is 0 Å². The second-order valence-electron chi connectivity index (χ2n) is 5.20. The summed E-state index contributed by atoms with van der Waals surface area (Å²) in [5, 5.41) is 0.256. The lowest BCUT2D eigenvalue weighted by Gasteiger charge is -2.22. The summed E-state index contributed by atoms with van der Waals surface area (Å²) in [7, 11) is 0. The van der Waals surface area contributed by atoms with Crippen molar-refractivity contribution in [2.75, 3.05) is 0 Å². The van der Waals surface area contributed by atoms with Crippen molar-refractivity contribution < 1.29 is 0 Å². The quantitative estimate of drug-likeness (QED) is 0.698. The fourth-order valence-corrected chi connectivity index (χ4v) is 3.02. The van der Waals surface area contributed by atoms with Gasteiger partial charge in [-0.3, -0.25) is 4.98 Å². The summed E-state index contributed by atoms with van der Waals surface area (Å²) in [4.78, 5) is 4.33. The number of nitrogens with zero attached hydrogens (tertiary/aromatic N) is 1. The van der Waals surface area contributed by atoms with Crippen LogP contribution in [0, 0.1) is 5.92 Å². The Hall–Kier alpha value is -0.560. The van der Waals surface area contributed by atoms with Gasteiger partial charge in [0, 0.05) is 23.7 Å². The molecule has 0 bridgehead atoms. The zero-order valence-corrected chi connectivity index (χ0v) is 11.2. The zero-order chi connectivity index (χ0) is 11.9. The second kappa shape index (κ2) is 7.00. The van der Waals surface area contributed by atoms with Gasteiger partial charge in [0.2, 0.25) is 0 Å². The van der Waals surface area contributed by atoms with Crippen LogP contribution in [0.4, 0.5) is 0 Å². The molecule has 1 heterocycles. The van der Waals surface area contributed by atoms with E-state index in [9.17, 15) is 0 Å². The molecule has 0 aromatic carbocycles. The fraction of sp³-hybridized carbons (Fsp3) is 0.667. The van der Waals surface area contributed by atoms with Gasteiger partial charge in [-0.05, 0) is 30.9 Å². The van der Waals surface area contributed by atoms with Crippen LogP contribution in [0.2, 0.25) is 0 Å². The van der Waals surface area contributed by atoms with E-state index in [0.29, 0.717) is 0 Å². The minimum atomic E-state index is 0.256. The van der Waals surface area contributed by atoms with Gasteiger partial charge in [0.1, 0.15) is 0 Å². The van der Waals surface area contributed by atoms with Crippen LogP contribution < -0.4 is 0 Å². The van der Waals surface area contributed by atoms with Crippen molar-refractivity contribution in [1.29, 1.82) is 0 Å². The molecule has 2 heteroatoms. The molecule has 0 radical (unpaired) electrons. The molecule has 1 atom stereocenters. The standard InChI is InChI=1S/C15H22ClN/c16-14(12-15-8-4-5-11-17-15)10-9-13-6-2-1-3-7-13/h4-5,8,11,13-14H,1-3,6-7,9-10,12H2. The van der Waals surface area contributed by atoms with Crippen LogP contribution in [0.25, 0.3) is 0 Å². The molecule has 1 unspecified atom stereocenters. The maximum absolute atomic E-state index is 6.39. The molecule has 1 fully saturated rings. The number of hydrogen-bond donors (Lipinski definition) is 0. The van der Waals surface area contributed by atoms with Crippen molar-refractivity contribution in [2.45, 2.75) is 56.7 Å². The third-order valence-electron chi connectivity index (χ3n) is 3.77. The topological polar surface area (TPSA) is 12.9 Å². The molecule has 0 aliphatic heterocycles. The molecule has 1 aliphatic carbocycles. The Bertz CT molecular complexity index is 306. The van der Waals surface area contributed by atoms with Crippen molar-refractivity contribution in [1.82, 2.24) is 4.98 Å². The van der Waals surface area contributed by atoms with Gasteiger partial charge in [-0.2, -0.15) is 0 Å². The average Bonchev–Trinajstić information content (AvgIpc) is 2.39. The lowest BCUT2D eigenvalue weighted by Crippen LogP contribution is -2.11. The Kier molecular flexibility index (Phi) is 5.31. The minimum absolute atomic E-state index is 0.256. The van der Waals surface area contributed by atoms with E-state index in [1.807, 2.05) is 18.3 Å². The summed E-state index contributed by atoms with van der Waals surface area (Å²) in [6.07, 6.45) is 12.4. The van der Waals surface area contributed by atoms with Gasteiger partial charge >= 0.3 is 0 Å². The highest BCUT2D eigenvalue weighted by Crippen LogP contribution is 2.28. The Morgan fingerprint density at radius 2 is 2.06 bits per heavy atom. The third-order valence-corrected chi connectivity index (χ3v) is 4.14. The van der Waals surface area contributed by atoms with Crippen LogP contribution in [0.3, 0.4) is 0 Å². The number of hydrogen-bond acceptors (Lipinski definition) is 1. The van der Waals surface area contributed by atoms with Crippen LogP contribution in [0.1, 0.15) is 50.6 Å². The molecule has 1 aromatic heterocycles. The Labute approximate surface area is 110 Å². The predicted molar refractivity (Wildman–Crippen MR) is 73.4 cm³/mol. The first-order valence-electron chi connectivity index (χ1n) is 6.88. The van der Waals surface area contributed by atoms with Gasteiger partial charge < -0.3 is 0 Å².